The van der Waals surface area contributed by atoms with Crippen molar-refractivity contribution >= 4 is 0 Å². The number of allylic oxidation sites excluding steroid dienone is 1. The van der Waals surface area contributed by atoms with Crippen molar-refractivity contribution in [1.29, 1.82) is 0 Å². The molecule has 198 valence electrons. The maximum Gasteiger partial charge on any atom is -0.0239 e. The summed E-state index contributed by atoms with van der Waals surface area (Å²) >= 11 is 0. The van der Waals surface area contributed by atoms with E-state index < -0.39 is 0 Å². The zero-order chi connectivity index (χ0) is 24.9. The van der Waals surface area contributed by atoms with Crippen molar-refractivity contribution in [3.05, 3.63) is 47.0 Å². The lowest BCUT2D eigenvalue weighted by atomic mass is 9.72. The summed E-state index contributed by atoms with van der Waals surface area (Å²) in [5.74, 6) is 3.81. The minimum atomic E-state index is 0.870. The summed E-state index contributed by atoms with van der Waals surface area (Å²) in [5, 5.41) is 0. The normalized spacial score (nSPS) is 21.3. The van der Waals surface area contributed by atoms with Gasteiger partial charge in [-0.3, -0.25) is 0 Å². The second-order valence-electron chi connectivity index (χ2n) is 12.4. The number of benzene rings is 1. The first-order chi connectivity index (χ1) is 17.2. The smallest absolute Gasteiger partial charge is 0.0239 e. The first-order valence-corrected chi connectivity index (χ1v) is 15.9. The molecule has 0 spiro atoms. The van der Waals surface area contributed by atoms with E-state index in [4.69, 9.17) is 0 Å². The number of hydrogen-bond acceptors (Lipinski definition) is 0. The molecule has 0 aliphatic heterocycles. The van der Waals surface area contributed by atoms with Crippen LogP contribution in [0.1, 0.15) is 147 Å². The number of unbranched alkanes of at least 4 members (excludes halogenated alkanes) is 7. The zero-order valence-corrected chi connectivity index (χ0v) is 23.9. The van der Waals surface area contributed by atoms with Gasteiger partial charge in [-0.05, 0) is 85.3 Å². The van der Waals surface area contributed by atoms with Gasteiger partial charge in [0.2, 0.25) is 0 Å². The van der Waals surface area contributed by atoms with Crippen LogP contribution in [-0.4, -0.2) is 0 Å². The highest BCUT2D eigenvalue weighted by Gasteiger charge is 2.39. The molecule has 1 fully saturated rings. The lowest BCUT2D eigenvalue weighted by molar-refractivity contribution is 0.273. The molecule has 3 rings (SSSR count). The molecule has 3 unspecified atom stereocenters. The average Bonchev–Trinajstić information content (AvgIpc) is 3.26. The molecule has 2 aliphatic rings. The van der Waals surface area contributed by atoms with E-state index in [2.05, 4.69) is 45.5 Å². The minimum absolute atomic E-state index is 0.870. The Labute approximate surface area is 219 Å². The Hall–Kier alpha value is -1.04. The van der Waals surface area contributed by atoms with Crippen molar-refractivity contribution < 1.29 is 0 Å². The van der Waals surface area contributed by atoms with Crippen molar-refractivity contribution in [3.63, 3.8) is 0 Å². The van der Waals surface area contributed by atoms with E-state index in [0.29, 0.717) is 0 Å². The Morgan fingerprint density at radius 3 is 2.31 bits per heavy atom. The van der Waals surface area contributed by atoms with Gasteiger partial charge in [0, 0.05) is 0 Å². The van der Waals surface area contributed by atoms with Gasteiger partial charge in [0.1, 0.15) is 0 Å². The number of rotatable bonds is 18. The summed E-state index contributed by atoms with van der Waals surface area (Å²) in [5.41, 5.74) is 6.61. The molecule has 1 aromatic carbocycles. The van der Waals surface area contributed by atoms with E-state index in [9.17, 15) is 0 Å². The fourth-order valence-corrected chi connectivity index (χ4v) is 7.42. The third-order valence-electron chi connectivity index (χ3n) is 9.60. The van der Waals surface area contributed by atoms with Crippen LogP contribution in [0.25, 0.3) is 0 Å². The molecule has 0 heteroatoms. The summed E-state index contributed by atoms with van der Waals surface area (Å²) in [6.07, 6.45) is 27.8. The lowest BCUT2D eigenvalue weighted by Gasteiger charge is -2.33. The standard InChI is InChI=1S/C35H58/c1-5-8-11-12-13-14-18-30-23-24-33-27-34-31(19-15-20-32(34)26-35(30)33)22-21-28(4)25-29(16-9-6-2)17-10-7-3/h15,19-20,29-30,33,35H,4-14,16-18,21-27H2,1-3H3. The fourth-order valence-electron chi connectivity index (χ4n) is 7.42. The molecule has 0 N–H and O–H groups in total. The van der Waals surface area contributed by atoms with E-state index in [0.717, 1.165) is 23.7 Å². The van der Waals surface area contributed by atoms with Crippen LogP contribution in [-0.2, 0) is 19.3 Å². The van der Waals surface area contributed by atoms with Gasteiger partial charge in [0.15, 0.2) is 0 Å². The van der Waals surface area contributed by atoms with Crippen molar-refractivity contribution in [2.24, 2.45) is 23.7 Å². The summed E-state index contributed by atoms with van der Waals surface area (Å²) in [6, 6.07) is 7.27. The summed E-state index contributed by atoms with van der Waals surface area (Å²) in [7, 11) is 0. The van der Waals surface area contributed by atoms with Crippen molar-refractivity contribution in [1.82, 2.24) is 0 Å². The van der Waals surface area contributed by atoms with Gasteiger partial charge in [-0.25, -0.2) is 0 Å². The second kappa shape index (κ2) is 15.9. The van der Waals surface area contributed by atoms with Gasteiger partial charge in [0.25, 0.3) is 0 Å². The number of aryl methyl sites for hydroxylation is 1. The van der Waals surface area contributed by atoms with Crippen LogP contribution in [0.2, 0.25) is 0 Å². The molecule has 0 bridgehead atoms. The van der Waals surface area contributed by atoms with Gasteiger partial charge in [-0.15, -0.1) is 0 Å². The highest BCUT2D eigenvalue weighted by Crippen LogP contribution is 2.47. The first-order valence-electron chi connectivity index (χ1n) is 15.9. The predicted octanol–water partition coefficient (Wildman–Crippen LogP) is 11.1. The van der Waals surface area contributed by atoms with Crippen molar-refractivity contribution in [2.75, 3.05) is 0 Å². The Morgan fingerprint density at radius 2 is 1.57 bits per heavy atom. The average molecular weight is 479 g/mol. The molecule has 0 aromatic heterocycles. The minimum Gasteiger partial charge on any atom is -0.0998 e. The molecule has 0 amide bonds. The summed E-state index contributed by atoms with van der Waals surface area (Å²) in [6.45, 7) is 11.5. The Bertz CT molecular complexity index is 720. The Morgan fingerprint density at radius 1 is 0.857 bits per heavy atom. The highest BCUT2D eigenvalue weighted by molar-refractivity contribution is 5.39. The Balaban J connectivity index is 1.50. The van der Waals surface area contributed by atoms with Crippen molar-refractivity contribution in [3.8, 4) is 0 Å². The van der Waals surface area contributed by atoms with Crippen LogP contribution in [0.5, 0.6) is 0 Å². The van der Waals surface area contributed by atoms with Crippen LogP contribution in [0.4, 0.5) is 0 Å². The van der Waals surface area contributed by atoms with Gasteiger partial charge < -0.3 is 0 Å². The van der Waals surface area contributed by atoms with E-state index in [-0.39, 0.29) is 0 Å². The van der Waals surface area contributed by atoms with Gasteiger partial charge in [-0.1, -0.05) is 135 Å². The molecule has 35 heavy (non-hydrogen) atoms. The molecule has 0 saturated heterocycles. The van der Waals surface area contributed by atoms with E-state index in [1.54, 1.807) is 16.7 Å². The summed E-state index contributed by atoms with van der Waals surface area (Å²) in [4.78, 5) is 0. The topological polar surface area (TPSA) is 0 Å². The predicted molar refractivity (Wildman–Crippen MR) is 156 cm³/mol. The lowest BCUT2D eigenvalue weighted by Crippen LogP contribution is -2.26. The van der Waals surface area contributed by atoms with Crippen LogP contribution in [0, 0.1) is 23.7 Å². The van der Waals surface area contributed by atoms with Gasteiger partial charge >= 0.3 is 0 Å². The molecule has 1 saturated carbocycles. The molecule has 1 aromatic rings. The Kier molecular flexibility index (Phi) is 13.0. The largest absolute Gasteiger partial charge is 0.0998 e. The third kappa shape index (κ3) is 9.09. The molecule has 2 aliphatic carbocycles. The number of hydrogen-bond donors (Lipinski definition) is 0. The number of fused-ring (bicyclic) bond motifs is 2. The fraction of sp³-hybridized carbons (Fsp3) is 0.771. The van der Waals surface area contributed by atoms with Gasteiger partial charge in [0.05, 0.1) is 0 Å². The third-order valence-corrected chi connectivity index (χ3v) is 9.60. The highest BCUT2D eigenvalue weighted by atomic mass is 14.4. The van der Waals surface area contributed by atoms with E-state index in [1.165, 1.54) is 134 Å². The van der Waals surface area contributed by atoms with Gasteiger partial charge in [-0.2, -0.15) is 0 Å². The zero-order valence-electron chi connectivity index (χ0n) is 23.9. The van der Waals surface area contributed by atoms with E-state index >= 15 is 0 Å². The first kappa shape index (κ1) is 28.5. The SMILES string of the molecule is C=C(CCc1cccc2c1CC1CCC(CCCCCCCC)C1C2)CC(CCCC)CCCC. The molecule has 0 radical (unpaired) electrons. The molecular formula is C35H58. The van der Waals surface area contributed by atoms with Crippen molar-refractivity contribution in [2.45, 2.75) is 149 Å². The quantitative estimate of drug-likeness (QED) is 0.145. The molecule has 0 nitrogen and oxygen atoms in total. The maximum atomic E-state index is 4.55. The summed E-state index contributed by atoms with van der Waals surface area (Å²) < 4.78 is 0. The van der Waals surface area contributed by atoms with Crippen LogP contribution < -0.4 is 0 Å². The maximum absolute atomic E-state index is 4.55. The molecule has 0 heterocycles. The van der Waals surface area contributed by atoms with Crippen LogP contribution >= 0.6 is 0 Å². The monoisotopic (exact) mass is 478 g/mol. The molecular weight excluding hydrogens is 420 g/mol. The second-order valence-corrected chi connectivity index (χ2v) is 12.4. The van der Waals surface area contributed by atoms with Crippen LogP contribution in [0.3, 0.4) is 0 Å². The molecule has 3 atom stereocenters. The van der Waals surface area contributed by atoms with Crippen LogP contribution in [0.15, 0.2) is 30.4 Å². The van der Waals surface area contributed by atoms with E-state index in [1.807, 2.05) is 0 Å².